The van der Waals surface area contributed by atoms with Crippen molar-refractivity contribution in [1.29, 1.82) is 0 Å². The van der Waals surface area contributed by atoms with Gasteiger partial charge < -0.3 is 5.32 Å². The molecule has 0 aliphatic carbocycles. The van der Waals surface area contributed by atoms with E-state index in [0.717, 1.165) is 32.4 Å². The Kier molecular flexibility index (Phi) is 5.91. The van der Waals surface area contributed by atoms with E-state index in [1.165, 1.54) is 12.1 Å². The molecule has 7 heteroatoms. The van der Waals surface area contributed by atoms with Gasteiger partial charge in [-0.05, 0) is 50.6 Å². The molecule has 0 unspecified atom stereocenters. The fourth-order valence-corrected chi connectivity index (χ4v) is 5.13. The highest BCUT2D eigenvalue weighted by Crippen LogP contribution is 2.30. The molecular weight excluding hydrogens is 331 g/mol. The normalized spacial score (nSPS) is 17.3. The van der Waals surface area contributed by atoms with Gasteiger partial charge in [0.2, 0.25) is 10.0 Å². The van der Waals surface area contributed by atoms with E-state index in [0.29, 0.717) is 11.6 Å². The van der Waals surface area contributed by atoms with Crippen LogP contribution in [-0.4, -0.2) is 38.4 Å². The lowest BCUT2D eigenvalue weighted by molar-refractivity contribution is 0.262. The van der Waals surface area contributed by atoms with E-state index in [1.54, 1.807) is 10.4 Å². The van der Waals surface area contributed by atoms with Gasteiger partial charge in [0.05, 0.1) is 5.02 Å². The Morgan fingerprint density at radius 1 is 1.29 bits per heavy atom. The van der Waals surface area contributed by atoms with E-state index >= 15 is 0 Å². The van der Waals surface area contributed by atoms with Gasteiger partial charge in [-0.25, -0.2) is 8.42 Å². The fraction of sp³-hybridized carbons (Fsp3) is 0.571. The van der Waals surface area contributed by atoms with E-state index in [4.69, 9.17) is 23.2 Å². The molecule has 1 aromatic carbocycles. The highest BCUT2D eigenvalue weighted by molar-refractivity contribution is 7.89. The summed E-state index contributed by atoms with van der Waals surface area (Å²) in [6.45, 7) is 4.15. The monoisotopic (exact) mass is 350 g/mol. The standard InChI is InChI=1S/C14H20Cl2N2O2S/c1-2-9-18(12-5-7-17-8-6-12)21(19,20)14-10-11(15)3-4-13(14)16/h3-4,10,12,17H,2,5-9H2,1H3. The summed E-state index contributed by atoms with van der Waals surface area (Å²) >= 11 is 12.0. The number of nitrogens with one attached hydrogen (secondary N) is 1. The molecule has 1 heterocycles. The number of hydrogen-bond acceptors (Lipinski definition) is 3. The second-order valence-electron chi connectivity index (χ2n) is 5.17. The molecule has 1 aliphatic heterocycles. The molecule has 4 nitrogen and oxygen atoms in total. The molecule has 1 aromatic rings. The van der Waals surface area contributed by atoms with Crippen molar-refractivity contribution in [1.82, 2.24) is 9.62 Å². The fourth-order valence-electron chi connectivity index (χ4n) is 2.62. The van der Waals surface area contributed by atoms with Crippen LogP contribution in [0.25, 0.3) is 0 Å². The Morgan fingerprint density at radius 2 is 1.95 bits per heavy atom. The Labute approximate surface area is 136 Å². The van der Waals surface area contributed by atoms with Crippen molar-refractivity contribution in [2.75, 3.05) is 19.6 Å². The maximum absolute atomic E-state index is 13.0. The second-order valence-corrected chi connectivity index (χ2v) is 7.87. The van der Waals surface area contributed by atoms with Gasteiger partial charge in [0.1, 0.15) is 4.90 Å². The van der Waals surface area contributed by atoms with Gasteiger partial charge in [-0.2, -0.15) is 4.31 Å². The zero-order valence-electron chi connectivity index (χ0n) is 12.0. The molecule has 1 N–H and O–H groups in total. The van der Waals surface area contributed by atoms with Gasteiger partial charge in [0.15, 0.2) is 0 Å². The Hall–Kier alpha value is -0.330. The molecule has 0 bridgehead atoms. The summed E-state index contributed by atoms with van der Waals surface area (Å²) in [5, 5.41) is 3.85. The summed E-state index contributed by atoms with van der Waals surface area (Å²) in [5.74, 6) is 0. The molecule has 21 heavy (non-hydrogen) atoms. The summed E-state index contributed by atoms with van der Waals surface area (Å²) in [7, 11) is -3.63. The minimum Gasteiger partial charge on any atom is -0.317 e. The number of benzene rings is 1. The molecule has 1 aliphatic rings. The SMILES string of the molecule is CCCN(C1CCNCC1)S(=O)(=O)c1cc(Cl)ccc1Cl. The van der Waals surface area contributed by atoms with E-state index < -0.39 is 10.0 Å². The van der Waals surface area contributed by atoms with E-state index in [9.17, 15) is 8.42 Å². The molecule has 1 saturated heterocycles. The molecule has 0 atom stereocenters. The zero-order valence-corrected chi connectivity index (χ0v) is 14.3. The lowest BCUT2D eigenvalue weighted by Gasteiger charge is -2.33. The number of piperidine rings is 1. The van der Waals surface area contributed by atoms with Crippen molar-refractivity contribution in [3.63, 3.8) is 0 Å². The number of nitrogens with zero attached hydrogens (tertiary/aromatic N) is 1. The van der Waals surface area contributed by atoms with Crippen LogP contribution < -0.4 is 5.32 Å². The van der Waals surface area contributed by atoms with Gasteiger partial charge in [-0.3, -0.25) is 0 Å². The largest absolute Gasteiger partial charge is 0.317 e. The highest BCUT2D eigenvalue weighted by Gasteiger charge is 2.33. The van der Waals surface area contributed by atoms with Crippen LogP contribution in [-0.2, 0) is 10.0 Å². The van der Waals surface area contributed by atoms with Crippen LogP contribution in [0.4, 0.5) is 0 Å². The van der Waals surface area contributed by atoms with Gasteiger partial charge in [-0.15, -0.1) is 0 Å². The maximum atomic E-state index is 13.0. The quantitative estimate of drug-likeness (QED) is 0.887. The third kappa shape index (κ3) is 3.90. The number of hydrogen-bond donors (Lipinski definition) is 1. The van der Waals surface area contributed by atoms with Crippen LogP contribution in [0.1, 0.15) is 26.2 Å². The summed E-state index contributed by atoms with van der Waals surface area (Å²) in [4.78, 5) is 0.101. The van der Waals surface area contributed by atoms with Crippen molar-refractivity contribution >= 4 is 33.2 Å². The predicted molar refractivity (Wildman–Crippen MR) is 86.5 cm³/mol. The Balaban J connectivity index is 2.39. The first-order chi connectivity index (χ1) is 9.96. The Bertz CT molecular complexity index is 587. The third-order valence-corrected chi connectivity index (χ3v) is 6.31. The first-order valence-electron chi connectivity index (χ1n) is 7.14. The molecule has 0 saturated carbocycles. The molecule has 0 amide bonds. The van der Waals surface area contributed by atoms with Crippen molar-refractivity contribution < 1.29 is 8.42 Å². The van der Waals surface area contributed by atoms with E-state index in [-0.39, 0.29) is 16.0 Å². The summed E-state index contributed by atoms with van der Waals surface area (Å²) in [5.41, 5.74) is 0. The molecule has 2 rings (SSSR count). The van der Waals surface area contributed by atoms with Gasteiger partial charge in [-0.1, -0.05) is 30.1 Å². The number of halogens is 2. The van der Waals surface area contributed by atoms with Crippen molar-refractivity contribution in [2.45, 2.75) is 37.1 Å². The van der Waals surface area contributed by atoms with Crippen LogP contribution >= 0.6 is 23.2 Å². The second kappa shape index (κ2) is 7.29. The average molecular weight is 351 g/mol. The summed E-state index contributed by atoms with van der Waals surface area (Å²) in [6, 6.07) is 4.58. The molecular formula is C14H20Cl2N2O2S. The molecule has 118 valence electrons. The summed E-state index contributed by atoms with van der Waals surface area (Å²) < 4.78 is 27.5. The predicted octanol–water partition coefficient (Wildman–Crippen LogP) is 3.15. The Morgan fingerprint density at radius 3 is 2.57 bits per heavy atom. The smallest absolute Gasteiger partial charge is 0.244 e. The highest BCUT2D eigenvalue weighted by atomic mass is 35.5. The molecule has 0 radical (unpaired) electrons. The van der Waals surface area contributed by atoms with Crippen molar-refractivity contribution in [2.24, 2.45) is 0 Å². The third-order valence-electron chi connectivity index (χ3n) is 3.64. The number of rotatable bonds is 5. The molecule has 0 aromatic heterocycles. The van der Waals surface area contributed by atoms with Gasteiger partial charge in [0.25, 0.3) is 0 Å². The minimum atomic E-state index is -3.63. The zero-order chi connectivity index (χ0) is 15.5. The van der Waals surface area contributed by atoms with Crippen LogP contribution in [0.3, 0.4) is 0 Å². The van der Waals surface area contributed by atoms with Crippen LogP contribution in [0.15, 0.2) is 23.1 Å². The lowest BCUT2D eigenvalue weighted by atomic mass is 10.1. The first kappa shape index (κ1) is 17.0. The van der Waals surface area contributed by atoms with Crippen LogP contribution in [0, 0.1) is 0 Å². The molecule has 1 fully saturated rings. The summed E-state index contributed by atoms with van der Waals surface area (Å²) in [6.07, 6.45) is 2.40. The topological polar surface area (TPSA) is 49.4 Å². The van der Waals surface area contributed by atoms with Crippen molar-refractivity contribution in [3.8, 4) is 0 Å². The van der Waals surface area contributed by atoms with Crippen molar-refractivity contribution in [3.05, 3.63) is 28.2 Å². The van der Waals surface area contributed by atoms with Crippen LogP contribution in [0.2, 0.25) is 10.0 Å². The minimum absolute atomic E-state index is 0.0197. The molecule has 0 spiro atoms. The van der Waals surface area contributed by atoms with Gasteiger partial charge in [0, 0.05) is 17.6 Å². The first-order valence-corrected chi connectivity index (χ1v) is 9.34. The number of sulfonamides is 1. The van der Waals surface area contributed by atoms with Gasteiger partial charge >= 0.3 is 0 Å². The van der Waals surface area contributed by atoms with E-state index in [2.05, 4.69) is 5.32 Å². The van der Waals surface area contributed by atoms with E-state index in [1.807, 2.05) is 6.92 Å². The lowest BCUT2D eigenvalue weighted by Crippen LogP contribution is -2.46. The average Bonchev–Trinajstić information content (AvgIpc) is 2.48. The van der Waals surface area contributed by atoms with Crippen LogP contribution in [0.5, 0.6) is 0 Å². The maximum Gasteiger partial charge on any atom is 0.244 e.